The molecule has 1 heterocycles. The highest BCUT2D eigenvalue weighted by atomic mass is 16.1. The second-order valence-electron chi connectivity index (χ2n) is 3.22. The first kappa shape index (κ1) is 9.39. The smallest absolute Gasteiger partial charge is 0.152 e. The van der Waals surface area contributed by atoms with Gasteiger partial charge in [0.15, 0.2) is 6.29 Å². The zero-order valence-electron chi connectivity index (χ0n) is 8.21. The van der Waals surface area contributed by atoms with Gasteiger partial charge in [-0.15, -0.1) is 0 Å². The van der Waals surface area contributed by atoms with Crippen molar-refractivity contribution in [2.75, 3.05) is 5.73 Å². The summed E-state index contributed by atoms with van der Waals surface area (Å²) in [4.78, 5) is 14.6. The molecule has 0 amide bonds. The molecule has 0 unspecified atom stereocenters. The minimum Gasteiger partial charge on any atom is -0.398 e. The average molecular weight is 202 g/mol. The Balaban J connectivity index is 2.60. The SMILES string of the molecule is Cc1cc(-n2cncn2)cc(C=O)c1N. The van der Waals surface area contributed by atoms with E-state index in [0.29, 0.717) is 11.3 Å². The van der Waals surface area contributed by atoms with Gasteiger partial charge in [-0.05, 0) is 24.6 Å². The van der Waals surface area contributed by atoms with Crippen molar-refractivity contribution in [1.29, 1.82) is 0 Å². The van der Waals surface area contributed by atoms with Crippen molar-refractivity contribution < 1.29 is 4.79 Å². The van der Waals surface area contributed by atoms with Crippen molar-refractivity contribution in [3.8, 4) is 5.69 Å². The lowest BCUT2D eigenvalue weighted by atomic mass is 10.1. The maximum Gasteiger partial charge on any atom is 0.152 e. The predicted octanol–water partition coefficient (Wildman–Crippen LogP) is 0.970. The number of aryl methyl sites for hydroxylation is 1. The monoisotopic (exact) mass is 202 g/mol. The van der Waals surface area contributed by atoms with E-state index in [0.717, 1.165) is 17.5 Å². The molecule has 0 radical (unpaired) electrons. The van der Waals surface area contributed by atoms with Gasteiger partial charge in [-0.2, -0.15) is 5.10 Å². The molecule has 1 aromatic carbocycles. The molecular weight excluding hydrogens is 192 g/mol. The Morgan fingerprint density at radius 2 is 2.27 bits per heavy atom. The molecule has 5 nitrogen and oxygen atoms in total. The molecule has 76 valence electrons. The van der Waals surface area contributed by atoms with Crippen molar-refractivity contribution in [3.05, 3.63) is 35.9 Å². The van der Waals surface area contributed by atoms with E-state index in [1.807, 2.05) is 13.0 Å². The van der Waals surface area contributed by atoms with Crippen LogP contribution in [0.2, 0.25) is 0 Å². The third-order valence-corrected chi connectivity index (χ3v) is 2.21. The lowest BCUT2D eigenvalue weighted by molar-refractivity contribution is 0.112. The van der Waals surface area contributed by atoms with E-state index in [9.17, 15) is 4.79 Å². The highest BCUT2D eigenvalue weighted by molar-refractivity contribution is 5.85. The van der Waals surface area contributed by atoms with Gasteiger partial charge >= 0.3 is 0 Å². The van der Waals surface area contributed by atoms with E-state index >= 15 is 0 Å². The molecule has 2 N–H and O–H groups in total. The molecular formula is C10H10N4O. The van der Waals surface area contributed by atoms with Crippen LogP contribution >= 0.6 is 0 Å². The summed E-state index contributed by atoms with van der Waals surface area (Å²) in [5.74, 6) is 0. The van der Waals surface area contributed by atoms with Crippen LogP contribution in [0.4, 0.5) is 5.69 Å². The second kappa shape index (κ2) is 3.53. The summed E-state index contributed by atoms with van der Waals surface area (Å²) in [5, 5.41) is 3.98. The maximum atomic E-state index is 10.8. The summed E-state index contributed by atoms with van der Waals surface area (Å²) in [6.45, 7) is 1.85. The molecule has 0 atom stereocenters. The van der Waals surface area contributed by atoms with Gasteiger partial charge in [0.1, 0.15) is 12.7 Å². The van der Waals surface area contributed by atoms with E-state index in [1.54, 1.807) is 17.1 Å². The Bertz CT molecular complexity index is 490. The molecule has 0 fully saturated rings. The number of benzene rings is 1. The number of nitrogens with two attached hydrogens (primary N) is 1. The minimum atomic E-state index is 0.473. The predicted molar refractivity (Wildman–Crippen MR) is 55.9 cm³/mol. The number of aldehydes is 1. The van der Waals surface area contributed by atoms with Crippen LogP contribution in [0.25, 0.3) is 5.69 Å². The van der Waals surface area contributed by atoms with Crippen LogP contribution in [-0.2, 0) is 0 Å². The van der Waals surface area contributed by atoms with Crippen LogP contribution in [0.1, 0.15) is 15.9 Å². The zero-order valence-corrected chi connectivity index (χ0v) is 8.21. The number of carbonyl (C=O) groups is 1. The first-order chi connectivity index (χ1) is 7.22. The van der Waals surface area contributed by atoms with Gasteiger partial charge in [0.05, 0.1) is 5.69 Å². The fourth-order valence-corrected chi connectivity index (χ4v) is 1.38. The zero-order chi connectivity index (χ0) is 10.8. The highest BCUT2D eigenvalue weighted by Crippen LogP contribution is 2.19. The van der Waals surface area contributed by atoms with E-state index < -0.39 is 0 Å². The van der Waals surface area contributed by atoms with E-state index in [4.69, 9.17) is 5.73 Å². The van der Waals surface area contributed by atoms with Crippen LogP contribution in [0.15, 0.2) is 24.8 Å². The van der Waals surface area contributed by atoms with Crippen LogP contribution < -0.4 is 5.73 Å². The molecule has 0 aliphatic heterocycles. The maximum absolute atomic E-state index is 10.8. The largest absolute Gasteiger partial charge is 0.398 e. The van der Waals surface area contributed by atoms with Crippen molar-refractivity contribution >= 4 is 12.0 Å². The third-order valence-electron chi connectivity index (χ3n) is 2.21. The molecule has 5 heteroatoms. The molecule has 0 saturated heterocycles. The number of anilines is 1. The van der Waals surface area contributed by atoms with Crippen LogP contribution in [0, 0.1) is 6.92 Å². The van der Waals surface area contributed by atoms with Gasteiger partial charge in [0, 0.05) is 11.3 Å². The number of hydrogen-bond donors (Lipinski definition) is 1. The lowest BCUT2D eigenvalue weighted by Gasteiger charge is -2.07. The van der Waals surface area contributed by atoms with E-state index in [-0.39, 0.29) is 0 Å². The van der Waals surface area contributed by atoms with Crippen LogP contribution in [0.5, 0.6) is 0 Å². The number of nitrogens with zero attached hydrogens (tertiary/aromatic N) is 3. The highest BCUT2D eigenvalue weighted by Gasteiger charge is 2.05. The van der Waals surface area contributed by atoms with Crippen molar-refractivity contribution in [2.45, 2.75) is 6.92 Å². The number of nitrogen functional groups attached to an aromatic ring is 1. The fraction of sp³-hybridized carbons (Fsp3) is 0.100. The van der Waals surface area contributed by atoms with Gasteiger partial charge in [0.2, 0.25) is 0 Å². The van der Waals surface area contributed by atoms with Gasteiger partial charge in [-0.1, -0.05) is 0 Å². The first-order valence-corrected chi connectivity index (χ1v) is 4.42. The molecule has 0 aliphatic carbocycles. The number of carbonyl (C=O) groups excluding carboxylic acids is 1. The lowest BCUT2D eigenvalue weighted by Crippen LogP contribution is -2.01. The van der Waals surface area contributed by atoms with Crippen LogP contribution in [-0.4, -0.2) is 21.1 Å². The fourth-order valence-electron chi connectivity index (χ4n) is 1.38. The first-order valence-electron chi connectivity index (χ1n) is 4.42. The van der Waals surface area contributed by atoms with Gasteiger partial charge in [-0.25, -0.2) is 9.67 Å². The van der Waals surface area contributed by atoms with Gasteiger partial charge in [-0.3, -0.25) is 4.79 Å². The third kappa shape index (κ3) is 1.59. The molecule has 2 aromatic rings. The summed E-state index contributed by atoms with van der Waals surface area (Å²) < 4.78 is 1.58. The molecule has 0 saturated carbocycles. The van der Waals surface area contributed by atoms with E-state index in [2.05, 4.69) is 10.1 Å². The number of aromatic nitrogens is 3. The number of rotatable bonds is 2. The normalized spacial score (nSPS) is 10.2. The van der Waals surface area contributed by atoms with Gasteiger partial charge in [0.25, 0.3) is 0 Å². The van der Waals surface area contributed by atoms with E-state index in [1.165, 1.54) is 6.33 Å². The Labute approximate surface area is 86.5 Å². The van der Waals surface area contributed by atoms with Crippen molar-refractivity contribution in [2.24, 2.45) is 0 Å². The number of hydrogen-bond acceptors (Lipinski definition) is 4. The molecule has 1 aromatic heterocycles. The van der Waals surface area contributed by atoms with Crippen molar-refractivity contribution in [3.63, 3.8) is 0 Å². The summed E-state index contributed by atoms with van der Waals surface area (Å²) in [6.07, 6.45) is 3.74. The van der Waals surface area contributed by atoms with Gasteiger partial charge < -0.3 is 5.73 Å². The standard InChI is InChI=1S/C10H10N4O/c1-7-2-9(14-6-12-5-13-14)3-8(4-15)10(7)11/h2-6H,11H2,1H3. The molecule has 2 rings (SSSR count). The summed E-state index contributed by atoms with van der Waals surface area (Å²) in [7, 11) is 0. The topological polar surface area (TPSA) is 73.8 Å². The van der Waals surface area contributed by atoms with Crippen LogP contribution in [0.3, 0.4) is 0 Å². The molecule has 0 aliphatic rings. The summed E-state index contributed by atoms with van der Waals surface area (Å²) in [6, 6.07) is 3.54. The summed E-state index contributed by atoms with van der Waals surface area (Å²) in [5.41, 5.74) is 8.35. The summed E-state index contributed by atoms with van der Waals surface area (Å²) >= 11 is 0. The molecule has 0 spiro atoms. The molecule has 15 heavy (non-hydrogen) atoms. The Morgan fingerprint density at radius 1 is 1.47 bits per heavy atom. The Kier molecular flexibility index (Phi) is 2.21. The van der Waals surface area contributed by atoms with Crippen molar-refractivity contribution in [1.82, 2.24) is 14.8 Å². The quantitative estimate of drug-likeness (QED) is 0.581. The Hall–Kier alpha value is -2.17. The average Bonchev–Trinajstić information content (AvgIpc) is 2.75. The second-order valence-corrected chi connectivity index (χ2v) is 3.22. The molecule has 0 bridgehead atoms. The Morgan fingerprint density at radius 3 is 2.87 bits per heavy atom. The minimum absolute atomic E-state index is 0.473.